The predicted molar refractivity (Wildman–Crippen MR) is 104 cm³/mol. The van der Waals surface area contributed by atoms with Gasteiger partial charge in [-0.3, -0.25) is 20.5 Å². The summed E-state index contributed by atoms with van der Waals surface area (Å²) in [6.07, 6.45) is 0. The van der Waals surface area contributed by atoms with E-state index in [4.69, 9.17) is 23.2 Å². The lowest BCUT2D eigenvalue weighted by atomic mass is 10.1. The summed E-state index contributed by atoms with van der Waals surface area (Å²) in [5, 5.41) is 3.02. The lowest BCUT2D eigenvalue weighted by Gasteiger charge is -2.36. The fraction of sp³-hybridized carbons (Fsp3) is 0.353. The quantitative estimate of drug-likeness (QED) is 0.756. The molecule has 0 radical (unpaired) electrons. The molecule has 0 aliphatic carbocycles. The summed E-state index contributed by atoms with van der Waals surface area (Å²) in [6, 6.07) is 8.74. The van der Waals surface area contributed by atoms with Crippen molar-refractivity contribution >= 4 is 46.1 Å². The molecule has 1 amide bonds. The number of amides is 1. The van der Waals surface area contributed by atoms with Gasteiger partial charge in [0.2, 0.25) is 0 Å². The normalized spacial score (nSPS) is 17.2. The molecule has 0 bridgehead atoms. The van der Waals surface area contributed by atoms with Gasteiger partial charge in [0.25, 0.3) is 5.91 Å². The Labute approximate surface area is 161 Å². The van der Waals surface area contributed by atoms with Crippen molar-refractivity contribution in [3.05, 3.63) is 50.6 Å². The first-order valence-corrected chi connectivity index (χ1v) is 9.64. The van der Waals surface area contributed by atoms with E-state index in [1.54, 1.807) is 29.5 Å². The summed E-state index contributed by atoms with van der Waals surface area (Å²) in [7, 11) is 2.10. The molecule has 25 heavy (non-hydrogen) atoms. The first kappa shape index (κ1) is 18.5. The second kappa shape index (κ2) is 8.38. The van der Waals surface area contributed by atoms with E-state index < -0.39 is 0 Å². The molecule has 3 rings (SSSR count). The van der Waals surface area contributed by atoms with Crippen LogP contribution >= 0.6 is 34.5 Å². The fourth-order valence-corrected chi connectivity index (χ4v) is 4.21. The highest BCUT2D eigenvalue weighted by atomic mass is 35.5. The van der Waals surface area contributed by atoms with Gasteiger partial charge < -0.3 is 4.90 Å². The average molecular weight is 399 g/mol. The van der Waals surface area contributed by atoms with Crippen molar-refractivity contribution in [1.82, 2.24) is 15.2 Å². The van der Waals surface area contributed by atoms with Crippen LogP contribution in [0.25, 0.3) is 0 Å². The van der Waals surface area contributed by atoms with E-state index in [9.17, 15) is 4.79 Å². The van der Waals surface area contributed by atoms with Crippen molar-refractivity contribution in [3.63, 3.8) is 0 Å². The summed E-state index contributed by atoms with van der Waals surface area (Å²) in [5.41, 5.74) is 6.36. The van der Waals surface area contributed by atoms with Crippen LogP contribution in [0.2, 0.25) is 10.0 Å². The molecule has 2 aromatic rings. The molecule has 1 atom stereocenters. The lowest BCUT2D eigenvalue weighted by Crippen LogP contribution is -2.50. The molecule has 1 aliphatic heterocycles. The molecule has 0 saturated carbocycles. The highest BCUT2D eigenvalue weighted by Crippen LogP contribution is 2.27. The predicted octanol–water partition coefficient (Wildman–Crippen LogP) is 3.49. The SMILES string of the molecule is CN1CCN(C(C(=O)NNc2cc(Cl)cc(Cl)c2)c2cccs2)CC1. The Hall–Kier alpha value is -1.31. The van der Waals surface area contributed by atoms with Gasteiger partial charge in [-0.05, 0) is 36.7 Å². The third-order valence-electron chi connectivity index (χ3n) is 4.16. The lowest BCUT2D eigenvalue weighted by molar-refractivity contribution is -0.126. The maximum absolute atomic E-state index is 12.9. The van der Waals surface area contributed by atoms with Crippen molar-refractivity contribution in [2.24, 2.45) is 0 Å². The van der Waals surface area contributed by atoms with E-state index in [0.717, 1.165) is 31.1 Å². The molecule has 0 spiro atoms. The summed E-state index contributed by atoms with van der Waals surface area (Å²) < 4.78 is 0. The Balaban J connectivity index is 1.71. The number of likely N-dealkylation sites (N-methyl/N-ethyl adjacent to an activating group) is 1. The zero-order valence-corrected chi connectivity index (χ0v) is 16.2. The standard InChI is InChI=1S/C17H20Cl2N4OS/c1-22-4-6-23(7-5-22)16(15-3-2-8-25-15)17(24)21-20-14-10-12(18)9-13(19)11-14/h2-3,8-11,16,20H,4-7H2,1H3,(H,21,24). The second-order valence-corrected chi connectivity index (χ2v) is 7.88. The molecule has 134 valence electrons. The number of nitrogens with one attached hydrogen (secondary N) is 2. The van der Waals surface area contributed by atoms with Gasteiger partial charge in [0.1, 0.15) is 6.04 Å². The minimum Gasteiger partial charge on any atom is -0.304 e. The van der Waals surface area contributed by atoms with Gasteiger partial charge in [-0.25, -0.2) is 0 Å². The fourth-order valence-electron chi connectivity index (χ4n) is 2.83. The third kappa shape index (κ3) is 4.86. The highest BCUT2D eigenvalue weighted by molar-refractivity contribution is 7.10. The van der Waals surface area contributed by atoms with Crippen molar-refractivity contribution in [2.75, 3.05) is 38.7 Å². The van der Waals surface area contributed by atoms with E-state index in [2.05, 4.69) is 27.7 Å². The van der Waals surface area contributed by atoms with E-state index in [-0.39, 0.29) is 11.9 Å². The van der Waals surface area contributed by atoms with Crippen LogP contribution in [0.3, 0.4) is 0 Å². The Morgan fingerprint density at radius 1 is 1.16 bits per heavy atom. The number of anilines is 1. The number of benzene rings is 1. The average Bonchev–Trinajstić information content (AvgIpc) is 3.08. The second-order valence-electron chi connectivity index (χ2n) is 6.03. The Morgan fingerprint density at radius 3 is 2.44 bits per heavy atom. The summed E-state index contributed by atoms with van der Waals surface area (Å²) in [5.74, 6) is -0.0944. The number of piperazine rings is 1. The topological polar surface area (TPSA) is 47.6 Å². The van der Waals surface area contributed by atoms with Crippen molar-refractivity contribution in [1.29, 1.82) is 0 Å². The van der Waals surface area contributed by atoms with Gasteiger partial charge in [0.05, 0.1) is 5.69 Å². The molecule has 1 saturated heterocycles. The molecular weight excluding hydrogens is 379 g/mol. The number of halogens is 2. The van der Waals surface area contributed by atoms with Gasteiger partial charge >= 0.3 is 0 Å². The van der Waals surface area contributed by atoms with Crippen LogP contribution in [0.5, 0.6) is 0 Å². The van der Waals surface area contributed by atoms with E-state index in [0.29, 0.717) is 15.7 Å². The monoisotopic (exact) mass is 398 g/mol. The van der Waals surface area contributed by atoms with Crippen LogP contribution < -0.4 is 10.9 Å². The summed E-state index contributed by atoms with van der Waals surface area (Å²) in [6.45, 7) is 3.62. The molecule has 2 heterocycles. The number of rotatable bonds is 5. The third-order valence-corrected chi connectivity index (χ3v) is 5.52. The number of carbonyl (C=O) groups excluding carboxylic acids is 1. The molecular formula is C17H20Cl2N4OS. The maximum atomic E-state index is 12.9. The highest BCUT2D eigenvalue weighted by Gasteiger charge is 2.30. The van der Waals surface area contributed by atoms with Crippen molar-refractivity contribution in [3.8, 4) is 0 Å². The van der Waals surface area contributed by atoms with Crippen LogP contribution in [0, 0.1) is 0 Å². The summed E-state index contributed by atoms with van der Waals surface area (Å²) >= 11 is 13.6. The van der Waals surface area contributed by atoms with Crippen LogP contribution in [-0.4, -0.2) is 48.9 Å². The number of thiophene rings is 1. The largest absolute Gasteiger partial charge is 0.304 e. The minimum absolute atomic E-state index is 0.0944. The summed E-state index contributed by atoms with van der Waals surface area (Å²) in [4.78, 5) is 18.4. The van der Waals surface area contributed by atoms with Gasteiger partial charge in [0.15, 0.2) is 0 Å². The van der Waals surface area contributed by atoms with Gasteiger partial charge in [-0.1, -0.05) is 29.3 Å². The molecule has 1 fully saturated rings. The van der Waals surface area contributed by atoms with Gasteiger partial charge in [0, 0.05) is 41.1 Å². The van der Waals surface area contributed by atoms with Crippen molar-refractivity contribution < 1.29 is 4.79 Å². The Bertz CT molecular complexity index is 697. The molecule has 8 heteroatoms. The number of nitrogens with zero attached hydrogens (tertiary/aromatic N) is 2. The van der Waals surface area contributed by atoms with E-state index >= 15 is 0 Å². The van der Waals surface area contributed by atoms with Crippen LogP contribution in [0.1, 0.15) is 10.9 Å². The van der Waals surface area contributed by atoms with Crippen LogP contribution in [0.15, 0.2) is 35.7 Å². The number of hydrazine groups is 1. The molecule has 1 aromatic heterocycles. The first-order valence-electron chi connectivity index (χ1n) is 8.01. The number of hydrogen-bond donors (Lipinski definition) is 2. The number of carbonyl (C=O) groups is 1. The minimum atomic E-state index is -0.309. The Morgan fingerprint density at radius 2 is 1.84 bits per heavy atom. The van der Waals surface area contributed by atoms with Crippen molar-refractivity contribution in [2.45, 2.75) is 6.04 Å². The van der Waals surface area contributed by atoms with Gasteiger partial charge in [-0.15, -0.1) is 11.3 Å². The molecule has 5 nitrogen and oxygen atoms in total. The smallest absolute Gasteiger partial charge is 0.261 e. The zero-order valence-electron chi connectivity index (χ0n) is 13.8. The molecule has 1 aromatic carbocycles. The van der Waals surface area contributed by atoms with Crippen LogP contribution in [0.4, 0.5) is 5.69 Å². The maximum Gasteiger partial charge on any atom is 0.261 e. The van der Waals surface area contributed by atoms with Gasteiger partial charge in [-0.2, -0.15) is 0 Å². The molecule has 1 unspecified atom stereocenters. The van der Waals surface area contributed by atoms with E-state index in [1.165, 1.54) is 0 Å². The Kier molecular flexibility index (Phi) is 6.19. The molecule has 2 N–H and O–H groups in total. The van der Waals surface area contributed by atoms with Crippen LogP contribution in [-0.2, 0) is 4.79 Å². The van der Waals surface area contributed by atoms with E-state index in [1.807, 2.05) is 17.5 Å². The number of hydrogen-bond acceptors (Lipinski definition) is 5. The zero-order chi connectivity index (χ0) is 17.8. The molecule has 1 aliphatic rings. The first-order chi connectivity index (χ1) is 12.0.